The maximum atomic E-state index is 12.5. The van der Waals surface area contributed by atoms with E-state index in [-0.39, 0.29) is 5.56 Å². The molecule has 1 aromatic carbocycles. The number of rotatable bonds is 3. The molecule has 0 aliphatic carbocycles. The molecule has 0 aliphatic heterocycles. The lowest BCUT2D eigenvalue weighted by molar-refractivity contribution is -0.308. The van der Waals surface area contributed by atoms with Crippen LogP contribution < -0.4 is 5.11 Å². The van der Waals surface area contributed by atoms with Crippen molar-refractivity contribution in [2.75, 3.05) is 0 Å². The lowest BCUT2D eigenvalue weighted by atomic mass is 9.95. The second kappa shape index (κ2) is 4.33. The van der Waals surface area contributed by atoms with Crippen LogP contribution in [0.3, 0.4) is 0 Å². The van der Waals surface area contributed by atoms with Gasteiger partial charge in [-0.15, -0.1) is 0 Å². The number of hydrogen-bond donors (Lipinski definition) is 0. The number of halogens is 3. The predicted octanol–water partition coefficient (Wildman–Crippen LogP) is 1.47. The molecule has 0 saturated carbocycles. The van der Waals surface area contributed by atoms with Crippen LogP contribution in [0.2, 0.25) is 0 Å². The van der Waals surface area contributed by atoms with Gasteiger partial charge in [-0.05, 0) is 5.56 Å². The molecular formula is C10H8F3O2-. The molecule has 2 nitrogen and oxygen atoms in total. The van der Waals surface area contributed by atoms with Crippen LogP contribution in [0.25, 0.3) is 0 Å². The first-order valence-corrected chi connectivity index (χ1v) is 4.23. The fourth-order valence-corrected chi connectivity index (χ4v) is 1.27. The zero-order valence-corrected chi connectivity index (χ0v) is 7.62. The van der Waals surface area contributed by atoms with Crippen LogP contribution in [0.4, 0.5) is 13.2 Å². The van der Waals surface area contributed by atoms with Gasteiger partial charge in [-0.25, -0.2) is 0 Å². The molecule has 1 rings (SSSR count). The van der Waals surface area contributed by atoms with E-state index in [1.54, 1.807) is 6.07 Å². The monoisotopic (exact) mass is 217 g/mol. The highest BCUT2D eigenvalue weighted by molar-refractivity contribution is 5.65. The van der Waals surface area contributed by atoms with Crippen LogP contribution in [0.5, 0.6) is 0 Å². The van der Waals surface area contributed by atoms with Gasteiger partial charge in [0.15, 0.2) is 0 Å². The average molecular weight is 217 g/mol. The Hall–Kier alpha value is -1.52. The van der Waals surface area contributed by atoms with Crippen LogP contribution >= 0.6 is 0 Å². The van der Waals surface area contributed by atoms with Crippen LogP contribution in [-0.2, 0) is 4.79 Å². The number of aliphatic carboxylic acids is 1. The van der Waals surface area contributed by atoms with E-state index in [4.69, 9.17) is 0 Å². The summed E-state index contributed by atoms with van der Waals surface area (Å²) in [4.78, 5) is 10.2. The van der Waals surface area contributed by atoms with E-state index >= 15 is 0 Å². The molecule has 0 aromatic heterocycles. The molecule has 0 N–H and O–H groups in total. The summed E-state index contributed by atoms with van der Waals surface area (Å²) in [5.74, 6) is -3.70. The molecule has 0 aliphatic rings. The largest absolute Gasteiger partial charge is 0.550 e. The van der Waals surface area contributed by atoms with Crippen LogP contribution in [-0.4, -0.2) is 12.1 Å². The molecule has 0 heterocycles. The summed E-state index contributed by atoms with van der Waals surface area (Å²) < 4.78 is 37.4. The van der Waals surface area contributed by atoms with E-state index in [1.807, 2.05) is 0 Å². The van der Waals surface area contributed by atoms with Crippen molar-refractivity contribution in [1.29, 1.82) is 0 Å². The van der Waals surface area contributed by atoms with Crippen LogP contribution in [0.15, 0.2) is 30.3 Å². The minimum absolute atomic E-state index is 0.0609. The number of benzene rings is 1. The first kappa shape index (κ1) is 11.6. The molecule has 0 radical (unpaired) electrons. The Morgan fingerprint density at radius 1 is 1.27 bits per heavy atom. The maximum absolute atomic E-state index is 12.5. The second-order valence-electron chi connectivity index (χ2n) is 3.08. The number of carboxylic acid groups (broad SMARTS) is 1. The molecule has 0 fully saturated rings. The Morgan fingerprint density at radius 2 is 1.80 bits per heavy atom. The Labute approximate surface area is 84.3 Å². The predicted molar refractivity (Wildman–Crippen MR) is 44.9 cm³/mol. The zero-order valence-electron chi connectivity index (χ0n) is 7.62. The van der Waals surface area contributed by atoms with Gasteiger partial charge in [0.05, 0.1) is 5.92 Å². The quantitative estimate of drug-likeness (QED) is 0.769. The van der Waals surface area contributed by atoms with E-state index < -0.39 is 24.5 Å². The summed E-state index contributed by atoms with van der Waals surface area (Å²) in [6.07, 6.45) is -5.62. The molecule has 15 heavy (non-hydrogen) atoms. The third-order valence-corrected chi connectivity index (χ3v) is 1.97. The van der Waals surface area contributed by atoms with E-state index in [2.05, 4.69) is 0 Å². The van der Waals surface area contributed by atoms with Crippen molar-refractivity contribution in [2.45, 2.75) is 18.5 Å². The topological polar surface area (TPSA) is 40.1 Å². The fourth-order valence-electron chi connectivity index (χ4n) is 1.27. The van der Waals surface area contributed by atoms with E-state index in [9.17, 15) is 23.1 Å². The molecular weight excluding hydrogens is 209 g/mol. The number of carbonyl (C=O) groups is 1. The lowest BCUT2D eigenvalue weighted by Gasteiger charge is -2.20. The van der Waals surface area contributed by atoms with Crippen molar-refractivity contribution in [1.82, 2.24) is 0 Å². The molecule has 0 amide bonds. The normalized spacial score (nSPS) is 13.5. The number of carbonyl (C=O) groups excluding carboxylic acids is 1. The van der Waals surface area contributed by atoms with Crippen LogP contribution in [0.1, 0.15) is 17.9 Å². The molecule has 5 heteroatoms. The summed E-state index contributed by atoms with van der Waals surface area (Å²) in [6.45, 7) is 0. The minimum Gasteiger partial charge on any atom is -0.550 e. The summed E-state index contributed by atoms with van der Waals surface area (Å²) in [6, 6.07) is 6.94. The highest BCUT2D eigenvalue weighted by atomic mass is 19.4. The number of hydrogen-bond acceptors (Lipinski definition) is 2. The first-order valence-electron chi connectivity index (χ1n) is 4.23. The van der Waals surface area contributed by atoms with Gasteiger partial charge in [0.2, 0.25) is 0 Å². The molecule has 1 aromatic rings. The first-order chi connectivity index (χ1) is 6.91. The van der Waals surface area contributed by atoms with Crippen LogP contribution in [0, 0.1) is 0 Å². The van der Waals surface area contributed by atoms with Crippen molar-refractivity contribution in [3.63, 3.8) is 0 Å². The molecule has 0 bridgehead atoms. The second-order valence-corrected chi connectivity index (χ2v) is 3.08. The number of alkyl halides is 3. The Kier molecular flexibility index (Phi) is 3.34. The van der Waals surface area contributed by atoms with Gasteiger partial charge in [-0.1, -0.05) is 30.3 Å². The SMILES string of the molecule is O=C([O-])CC(c1ccccc1)C(F)(F)F. The minimum atomic E-state index is -4.57. The molecule has 0 saturated heterocycles. The zero-order chi connectivity index (χ0) is 11.5. The Morgan fingerprint density at radius 3 is 2.20 bits per heavy atom. The molecule has 1 unspecified atom stereocenters. The van der Waals surface area contributed by atoms with Crippen molar-refractivity contribution in [2.24, 2.45) is 0 Å². The molecule has 82 valence electrons. The van der Waals surface area contributed by atoms with E-state index in [0.29, 0.717) is 0 Å². The van der Waals surface area contributed by atoms with Gasteiger partial charge >= 0.3 is 6.18 Å². The lowest BCUT2D eigenvalue weighted by Crippen LogP contribution is -2.30. The summed E-state index contributed by atoms with van der Waals surface area (Å²) in [5.41, 5.74) is -0.0609. The van der Waals surface area contributed by atoms with Gasteiger partial charge in [0.1, 0.15) is 0 Å². The van der Waals surface area contributed by atoms with Crippen molar-refractivity contribution in [3.8, 4) is 0 Å². The molecule has 1 atom stereocenters. The Bertz CT molecular complexity index is 332. The molecule has 0 spiro atoms. The van der Waals surface area contributed by atoms with Crippen molar-refractivity contribution in [3.05, 3.63) is 35.9 Å². The average Bonchev–Trinajstić information content (AvgIpc) is 2.14. The van der Waals surface area contributed by atoms with Gasteiger partial charge in [0.25, 0.3) is 0 Å². The van der Waals surface area contributed by atoms with Gasteiger partial charge < -0.3 is 9.90 Å². The van der Waals surface area contributed by atoms with Gasteiger partial charge in [-0.3, -0.25) is 0 Å². The third-order valence-electron chi connectivity index (χ3n) is 1.97. The van der Waals surface area contributed by atoms with Gasteiger partial charge in [0, 0.05) is 12.4 Å². The highest BCUT2D eigenvalue weighted by Gasteiger charge is 2.40. The van der Waals surface area contributed by atoms with Crippen molar-refractivity contribution >= 4 is 5.97 Å². The van der Waals surface area contributed by atoms with Gasteiger partial charge in [-0.2, -0.15) is 13.2 Å². The number of carboxylic acids is 1. The third kappa shape index (κ3) is 3.27. The Balaban J connectivity index is 2.97. The van der Waals surface area contributed by atoms with E-state index in [0.717, 1.165) is 0 Å². The summed E-state index contributed by atoms with van der Waals surface area (Å²) in [5, 5.41) is 10.2. The van der Waals surface area contributed by atoms with Crippen molar-refractivity contribution < 1.29 is 23.1 Å². The fraction of sp³-hybridized carbons (Fsp3) is 0.300. The smallest absolute Gasteiger partial charge is 0.396 e. The standard InChI is InChI=1S/C10H9F3O2/c11-10(12,13)8(6-9(14)15)7-4-2-1-3-5-7/h1-5,8H,6H2,(H,14,15)/p-1. The maximum Gasteiger partial charge on any atom is 0.396 e. The summed E-state index contributed by atoms with van der Waals surface area (Å²) >= 11 is 0. The highest BCUT2D eigenvalue weighted by Crippen LogP contribution is 2.36. The van der Waals surface area contributed by atoms with E-state index in [1.165, 1.54) is 24.3 Å². The summed E-state index contributed by atoms with van der Waals surface area (Å²) in [7, 11) is 0.